The summed E-state index contributed by atoms with van der Waals surface area (Å²) in [5, 5.41) is 3.37. The number of benzene rings is 1. The van der Waals surface area contributed by atoms with Gasteiger partial charge in [-0.15, -0.1) is 11.3 Å². The van der Waals surface area contributed by atoms with Gasteiger partial charge in [0.1, 0.15) is 5.78 Å². The van der Waals surface area contributed by atoms with E-state index in [1.54, 1.807) is 23.6 Å². The first kappa shape index (κ1) is 13.3. The standard InChI is InChI=1S/C12H10Cl2N2OS/c13-8-1-2-11(14)7(3-8)4-10(17)5-9-6-18-12(15)16-9/h1-3,6H,4-5H2,(H2,15,16). The molecule has 0 aliphatic rings. The molecule has 1 aromatic carbocycles. The molecule has 94 valence electrons. The Morgan fingerprint density at radius 2 is 2.11 bits per heavy atom. The van der Waals surface area contributed by atoms with Crippen LogP contribution in [0.4, 0.5) is 5.13 Å². The van der Waals surface area contributed by atoms with E-state index in [-0.39, 0.29) is 18.6 Å². The fourth-order valence-corrected chi connectivity index (χ4v) is 2.50. The van der Waals surface area contributed by atoms with Crippen LogP contribution in [0, 0.1) is 0 Å². The van der Waals surface area contributed by atoms with E-state index in [1.807, 2.05) is 0 Å². The predicted octanol–water partition coefficient (Wildman–Crippen LogP) is 3.39. The molecule has 2 rings (SSSR count). The van der Waals surface area contributed by atoms with Crippen LogP contribution in [-0.2, 0) is 17.6 Å². The topological polar surface area (TPSA) is 56.0 Å². The molecule has 1 heterocycles. The number of thiazole rings is 1. The fourth-order valence-electron chi connectivity index (χ4n) is 1.56. The number of ketones is 1. The smallest absolute Gasteiger partial charge is 0.180 e. The lowest BCUT2D eigenvalue weighted by molar-refractivity contribution is -0.117. The molecule has 0 amide bonds. The van der Waals surface area contributed by atoms with Gasteiger partial charge in [-0.3, -0.25) is 4.79 Å². The van der Waals surface area contributed by atoms with E-state index in [0.29, 0.717) is 20.9 Å². The fraction of sp³-hybridized carbons (Fsp3) is 0.167. The minimum atomic E-state index is 0.0319. The van der Waals surface area contributed by atoms with E-state index in [2.05, 4.69) is 4.98 Å². The van der Waals surface area contributed by atoms with Crippen LogP contribution in [0.25, 0.3) is 0 Å². The van der Waals surface area contributed by atoms with Crippen LogP contribution >= 0.6 is 34.5 Å². The van der Waals surface area contributed by atoms with Gasteiger partial charge in [-0.1, -0.05) is 23.2 Å². The molecule has 18 heavy (non-hydrogen) atoms. The second-order valence-electron chi connectivity index (χ2n) is 3.81. The summed E-state index contributed by atoms with van der Waals surface area (Å²) < 4.78 is 0. The van der Waals surface area contributed by atoms with Crippen molar-refractivity contribution in [2.24, 2.45) is 0 Å². The van der Waals surface area contributed by atoms with Gasteiger partial charge in [0.2, 0.25) is 0 Å². The summed E-state index contributed by atoms with van der Waals surface area (Å²) >= 11 is 13.2. The number of aromatic nitrogens is 1. The summed E-state index contributed by atoms with van der Waals surface area (Å²) in [7, 11) is 0. The monoisotopic (exact) mass is 300 g/mol. The van der Waals surface area contributed by atoms with Gasteiger partial charge in [0.15, 0.2) is 5.13 Å². The number of nitrogens with two attached hydrogens (primary N) is 1. The maximum atomic E-state index is 11.9. The molecule has 6 heteroatoms. The number of nitrogen functional groups attached to an aromatic ring is 1. The van der Waals surface area contributed by atoms with E-state index >= 15 is 0 Å². The molecule has 0 unspecified atom stereocenters. The zero-order valence-corrected chi connectivity index (χ0v) is 11.6. The molecule has 0 spiro atoms. The first-order valence-electron chi connectivity index (χ1n) is 5.20. The van der Waals surface area contributed by atoms with E-state index in [1.165, 1.54) is 11.3 Å². The van der Waals surface area contributed by atoms with Gasteiger partial charge in [-0.2, -0.15) is 0 Å². The Morgan fingerprint density at radius 3 is 2.78 bits per heavy atom. The van der Waals surface area contributed by atoms with E-state index < -0.39 is 0 Å². The van der Waals surface area contributed by atoms with Crippen LogP contribution in [0.2, 0.25) is 10.0 Å². The van der Waals surface area contributed by atoms with Crippen LogP contribution in [0.5, 0.6) is 0 Å². The van der Waals surface area contributed by atoms with Crippen molar-refractivity contribution in [3.63, 3.8) is 0 Å². The maximum absolute atomic E-state index is 11.9. The second-order valence-corrected chi connectivity index (χ2v) is 5.54. The van der Waals surface area contributed by atoms with Crippen molar-refractivity contribution in [2.45, 2.75) is 12.8 Å². The number of hydrogen-bond donors (Lipinski definition) is 1. The van der Waals surface area contributed by atoms with E-state index in [0.717, 1.165) is 5.56 Å². The third kappa shape index (κ3) is 3.45. The zero-order chi connectivity index (χ0) is 13.1. The Balaban J connectivity index is 2.05. The van der Waals surface area contributed by atoms with Gasteiger partial charge >= 0.3 is 0 Å². The van der Waals surface area contributed by atoms with Gasteiger partial charge in [0.25, 0.3) is 0 Å². The number of halogens is 2. The van der Waals surface area contributed by atoms with Crippen LogP contribution in [0.3, 0.4) is 0 Å². The summed E-state index contributed by atoms with van der Waals surface area (Å²) in [5.41, 5.74) is 6.94. The Bertz CT molecular complexity index is 583. The first-order chi connectivity index (χ1) is 8.54. The quantitative estimate of drug-likeness (QED) is 0.941. The lowest BCUT2D eigenvalue weighted by Gasteiger charge is -2.03. The summed E-state index contributed by atoms with van der Waals surface area (Å²) in [6.45, 7) is 0. The Morgan fingerprint density at radius 1 is 1.33 bits per heavy atom. The molecule has 0 saturated carbocycles. The highest BCUT2D eigenvalue weighted by molar-refractivity contribution is 7.13. The van der Waals surface area contributed by atoms with Crippen molar-refractivity contribution in [3.05, 3.63) is 44.9 Å². The highest BCUT2D eigenvalue weighted by atomic mass is 35.5. The molecule has 2 N–H and O–H groups in total. The Labute approximate surface area is 119 Å². The van der Waals surface area contributed by atoms with Crippen molar-refractivity contribution in [2.75, 3.05) is 5.73 Å². The van der Waals surface area contributed by atoms with Crippen LogP contribution in [0.1, 0.15) is 11.3 Å². The van der Waals surface area contributed by atoms with Crippen molar-refractivity contribution in [1.82, 2.24) is 4.98 Å². The Kier molecular flexibility index (Phi) is 4.22. The molecule has 3 nitrogen and oxygen atoms in total. The molecular formula is C12H10Cl2N2OS. The summed E-state index contributed by atoms with van der Waals surface area (Å²) in [4.78, 5) is 15.9. The zero-order valence-electron chi connectivity index (χ0n) is 9.32. The van der Waals surface area contributed by atoms with Crippen LogP contribution in [0.15, 0.2) is 23.6 Å². The van der Waals surface area contributed by atoms with Crippen molar-refractivity contribution in [1.29, 1.82) is 0 Å². The average molecular weight is 301 g/mol. The number of carbonyl (C=O) groups excluding carboxylic acids is 1. The molecule has 0 fully saturated rings. The maximum Gasteiger partial charge on any atom is 0.180 e. The lowest BCUT2D eigenvalue weighted by atomic mass is 10.1. The summed E-state index contributed by atoms with van der Waals surface area (Å²) in [5.74, 6) is 0.0319. The molecule has 1 aromatic heterocycles. The molecular weight excluding hydrogens is 291 g/mol. The lowest BCUT2D eigenvalue weighted by Crippen LogP contribution is -2.07. The highest BCUT2D eigenvalue weighted by Crippen LogP contribution is 2.22. The van der Waals surface area contributed by atoms with Crippen LogP contribution < -0.4 is 5.73 Å². The molecule has 0 bridgehead atoms. The number of nitrogens with zero attached hydrogens (tertiary/aromatic N) is 1. The second kappa shape index (κ2) is 5.69. The number of anilines is 1. The molecule has 0 atom stereocenters. The number of carbonyl (C=O) groups is 1. The third-order valence-corrected chi connectivity index (χ3v) is 3.67. The molecule has 0 aliphatic carbocycles. The van der Waals surface area contributed by atoms with Gasteiger partial charge in [-0.05, 0) is 23.8 Å². The van der Waals surface area contributed by atoms with E-state index in [4.69, 9.17) is 28.9 Å². The van der Waals surface area contributed by atoms with Crippen molar-refractivity contribution >= 4 is 45.5 Å². The minimum absolute atomic E-state index is 0.0319. The average Bonchev–Trinajstić information content (AvgIpc) is 2.69. The van der Waals surface area contributed by atoms with Gasteiger partial charge in [0, 0.05) is 28.3 Å². The highest BCUT2D eigenvalue weighted by Gasteiger charge is 2.10. The molecule has 0 aliphatic heterocycles. The summed E-state index contributed by atoms with van der Waals surface area (Å²) in [6, 6.07) is 5.09. The number of hydrogen-bond acceptors (Lipinski definition) is 4. The predicted molar refractivity (Wildman–Crippen MR) is 75.4 cm³/mol. The van der Waals surface area contributed by atoms with Crippen LogP contribution in [-0.4, -0.2) is 10.8 Å². The normalized spacial score (nSPS) is 10.6. The Hall–Kier alpha value is -1.10. The van der Waals surface area contributed by atoms with Gasteiger partial charge in [0.05, 0.1) is 5.69 Å². The minimum Gasteiger partial charge on any atom is -0.375 e. The number of rotatable bonds is 4. The third-order valence-electron chi connectivity index (χ3n) is 2.34. The number of Topliss-reactive ketones (excluding diaryl/α,β-unsaturated/α-hetero) is 1. The SMILES string of the molecule is Nc1nc(CC(=O)Cc2cc(Cl)ccc2Cl)cs1. The summed E-state index contributed by atoms with van der Waals surface area (Å²) in [6.07, 6.45) is 0.507. The molecule has 2 aromatic rings. The van der Waals surface area contributed by atoms with Crippen molar-refractivity contribution < 1.29 is 4.79 Å². The molecule has 0 saturated heterocycles. The largest absolute Gasteiger partial charge is 0.375 e. The first-order valence-corrected chi connectivity index (χ1v) is 6.83. The van der Waals surface area contributed by atoms with Gasteiger partial charge < -0.3 is 5.73 Å². The van der Waals surface area contributed by atoms with Gasteiger partial charge in [-0.25, -0.2) is 4.98 Å². The molecule has 0 radical (unpaired) electrons. The van der Waals surface area contributed by atoms with Crippen molar-refractivity contribution in [3.8, 4) is 0 Å². The van der Waals surface area contributed by atoms with E-state index in [9.17, 15) is 4.79 Å².